The van der Waals surface area contributed by atoms with Crippen LogP contribution in [-0.4, -0.2) is 60.7 Å². The van der Waals surface area contributed by atoms with Crippen molar-refractivity contribution in [1.82, 2.24) is 9.80 Å². The molecule has 1 aliphatic rings. The third-order valence-corrected chi connectivity index (χ3v) is 6.65. The maximum atomic E-state index is 13.6. The quantitative estimate of drug-likeness (QED) is 0.518. The van der Waals surface area contributed by atoms with Crippen molar-refractivity contribution in [2.75, 3.05) is 43.4 Å². The van der Waals surface area contributed by atoms with Crippen molar-refractivity contribution in [3.05, 3.63) is 95.1 Å². The minimum atomic E-state index is -0.121. The van der Waals surface area contributed by atoms with Crippen molar-refractivity contribution >= 4 is 29.1 Å². The van der Waals surface area contributed by atoms with E-state index in [1.165, 1.54) is 0 Å². The zero-order chi connectivity index (χ0) is 26.4. The van der Waals surface area contributed by atoms with Crippen molar-refractivity contribution in [2.45, 2.75) is 26.8 Å². The van der Waals surface area contributed by atoms with Crippen LogP contribution in [0.5, 0.6) is 0 Å². The van der Waals surface area contributed by atoms with Gasteiger partial charge in [-0.3, -0.25) is 14.4 Å². The van der Waals surface area contributed by atoms with Gasteiger partial charge in [0.15, 0.2) is 0 Å². The molecule has 4 rings (SSSR count). The first-order valence-electron chi connectivity index (χ1n) is 12.7. The average molecular weight is 499 g/mol. The molecule has 0 atom stereocenters. The van der Waals surface area contributed by atoms with Crippen LogP contribution in [0.25, 0.3) is 0 Å². The minimum absolute atomic E-state index is 0.0242. The van der Waals surface area contributed by atoms with E-state index in [4.69, 9.17) is 0 Å². The molecule has 3 aromatic carbocycles. The van der Waals surface area contributed by atoms with Crippen LogP contribution < -0.4 is 10.2 Å². The summed E-state index contributed by atoms with van der Waals surface area (Å²) in [6.07, 6.45) is 0.357. The van der Waals surface area contributed by atoms with Gasteiger partial charge in [-0.15, -0.1) is 0 Å². The van der Waals surface area contributed by atoms with Crippen LogP contribution in [0.15, 0.2) is 72.8 Å². The molecule has 1 aliphatic heterocycles. The number of nitrogens with zero attached hydrogens (tertiary/aromatic N) is 3. The van der Waals surface area contributed by atoms with E-state index in [1.54, 1.807) is 24.9 Å². The Morgan fingerprint density at radius 3 is 2.22 bits per heavy atom. The molecule has 0 unspecified atom stereocenters. The summed E-state index contributed by atoms with van der Waals surface area (Å²) in [5, 5.41) is 2.87. The summed E-state index contributed by atoms with van der Waals surface area (Å²) in [5.41, 5.74) is 4.79. The van der Waals surface area contributed by atoms with Gasteiger partial charge in [-0.1, -0.05) is 55.0 Å². The van der Waals surface area contributed by atoms with Crippen molar-refractivity contribution < 1.29 is 14.4 Å². The van der Waals surface area contributed by atoms with Gasteiger partial charge in [-0.2, -0.15) is 0 Å². The van der Waals surface area contributed by atoms with Gasteiger partial charge in [-0.05, 0) is 42.8 Å². The van der Waals surface area contributed by atoms with Crippen LogP contribution in [0.2, 0.25) is 0 Å². The standard InChI is InChI=1S/C30H34N4O3/c1-4-28(35)31-25-14-15-27(26(20-25)30(37)32(3)21-23-8-6-5-7-9-23)33-16-18-34(19-17-33)29(36)24-12-10-22(2)11-13-24/h5-15,20H,4,16-19,21H2,1-3H3,(H,31,35). The molecule has 1 N–H and O–H groups in total. The molecular weight excluding hydrogens is 464 g/mol. The first kappa shape index (κ1) is 25.9. The zero-order valence-electron chi connectivity index (χ0n) is 21.7. The van der Waals surface area contributed by atoms with Gasteiger partial charge in [-0.25, -0.2) is 0 Å². The largest absolute Gasteiger partial charge is 0.367 e. The maximum absolute atomic E-state index is 13.6. The van der Waals surface area contributed by atoms with Crippen LogP contribution in [-0.2, 0) is 11.3 Å². The van der Waals surface area contributed by atoms with Gasteiger partial charge < -0.3 is 20.0 Å². The Morgan fingerprint density at radius 1 is 0.892 bits per heavy atom. The summed E-state index contributed by atoms with van der Waals surface area (Å²) >= 11 is 0. The average Bonchev–Trinajstić information content (AvgIpc) is 2.93. The molecule has 7 nitrogen and oxygen atoms in total. The molecule has 0 saturated carbocycles. The summed E-state index contributed by atoms with van der Waals surface area (Å²) in [4.78, 5) is 44.3. The molecule has 192 valence electrons. The fraction of sp³-hybridized carbons (Fsp3) is 0.300. The summed E-state index contributed by atoms with van der Waals surface area (Å²) in [6.45, 7) is 6.62. The molecule has 0 spiro atoms. The van der Waals surface area contributed by atoms with E-state index in [0.29, 0.717) is 56.0 Å². The number of hydrogen-bond acceptors (Lipinski definition) is 4. The number of aryl methyl sites for hydroxylation is 1. The SMILES string of the molecule is CCC(=O)Nc1ccc(N2CCN(C(=O)c3ccc(C)cc3)CC2)c(C(=O)N(C)Cc2ccccc2)c1. The molecule has 37 heavy (non-hydrogen) atoms. The number of benzene rings is 3. The fourth-order valence-corrected chi connectivity index (χ4v) is 4.47. The lowest BCUT2D eigenvalue weighted by Crippen LogP contribution is -2.49. The summed E-state index contributed by atoms with van der Waals surface area (Å²) < 4.78 is 0. The second-order valence-electron chi connectivity index (χ2n) is 9.43. The predicted molar refractivity (Wildman–Crippen MR) is 147 cm³/mol. The normalized spacial score (nSPS) is 13.3. The number of hydrogen-bond donors (Lipinski definition) is 1. The number of carbonyl (C=O) groups excluding carboxylic acids is 3. The zero-order valence-corrected chi connectivity index (χ0v) is 21.7. The molecule has 7 heteroatoms. The van der Waals surface area contributed by atoms with Gasteiger partial charge in [0.1, 0.15) is 0 Å². The van der Waals surface area contributed by atoms with Crippen LogP contribution in [0.1, 0.15) is 45.2 Å². The summed E-state index contributed by atoms with van der Waals surface area (Å²) in [7, 11) is 1.79. The Hall–Kier alpha value is -4.13. The molecular formula is C30H34N4O3. The van der Waals surface area contributed by atoms with Gasteiger partial charge in [0.25, 0.3) is 11.8 Å². The molecule has 0 radical (unpaired) electrons. The molecule has 1 fully saturated rings. The van der Waals surface area contributed by atoms with Crippen LogP contribution >= 0.6 is 0 Å². The second kappa shape index (κ2) is 11.7. The number of nitrogens with one attached hydrogen (secondary N) is 1. The predicted octanol–water partition coefficient (Wildman–Crippen LogP) is 4.58. The van der Waals surface area contributed by atoms with E-state index in [9.17, 15) is 14.4 Å². The van der Waals surface area contributed by atoms with Crippen molar-refractivity contribution in [1.29, 1.82) is 0 Å². The molecule has 0 bridgehead atoms. The highest BCUT2D eigenvalue weighted by Gasteiger charge is 2.26. The Balaban J connectivity index is 1.53. The van der Waals surface area contributed by atoms with E-state index in [1.807, 2.05) is 78.6 Å². The highest BCUT2D eigenvalue weighted by Crippen LogP contribution is 2.28. The van der Waals surface area contributed by atoms with E-state index >= 15 is 0 Å². The molecule has 1 heterocycles. The van der Waals surface area contributed by atoms with E-state index < -0.39 is 0 Å². The Labute approximate surface area is 218 Å². The Kier molecular flexibility index (Phi) is 8.23. The van der Waals surface area contributed by atoms with Crippen LogP contribution in [0.3, 0.4) is 0 Å². The Morgan fingerprint density at radius 2 is 1.57 bits per heavy atom. The second-order valence-corrected chi connectivity index (χ2v) is 9.43. The highest BCUT2D eigenvalue weighted by molar-refractivity contribution is 6.02. The first-order valence-corrected chi connectivity index (χ1v) is 12.7. The molecule has 1 saturated heterocycles. The van der Waals surface area contributed by atoms with Crippen molar-refractivity contribution in [3.8, 4) is 0 Å². The third-order valence-electron chi connectivity index (χ3n) is 6.65. The fourth-order valence-electron chi connectivity index (χ4n) is 4.47. The van der Waals surface area contributed by atoms with E-state index in [0.717, 1.165) is 16.8 Å². The van der Waals surface area contributed by atoms with Gasteiger partial charge in [0.05, 0.1) is 5.56 Å². The lowest BCUT2D eigenvalue weighted by atomic mass is 10.1. The monoisotopic (exact) mass is 498 g/mol. The van der Waals surface area contributed by atoms with E-state index in [-0.39, 0.29) is 17.7 Å². The molecule has 3 amide bonds. The lowest BCUT2D eigenvalue weighted by Gasteiger charge is -2.37. The number of carbonyl (C=O) groups is 3. The topological polar surface area (TPSA) is 73.0 Å². The molecule has 0 aliphatic carbocycles. The lowest BCUT2D eigenvalue weighted by molar-refractivity contribution is -0.115. The van der Waals surface area contributed by atoms with Crippen molar-refractivity contribution in [2.24, 2.45) is 0 Å². The maximum Gasteiger partial charge on any atom is 0.256 e. The number of amides is 3. The van der Waals surface area contributed by atoms with Gasteiger partial charge >= 0.3 is 0 Å². The highest BCUT2D eigenvalue weighted by atomic mass is 16.2. The number of piperazine rings is 1. The van der Waals surface area contributed by atoms with Gasteiger partial charge in [0.2, 0.25) is 5.91 Å². The summed E-state index contributed by atoms with van der Waals surface area (Å²) in [6, 6.07) is 23.0. The molecule has 0 aromatic heterocycles. The third kappa shape index (κ3) is 6.36. The minimum Gasteiger partial charge on any atom is -0.367 e. The van der Waals surface area contributed by atoms with Crippen LogP contribution in [0, 0.1) is 6.92 Å². The summed E-state index contributed by atoms with van der Waals surface area (Å²) in [5.74, 6) is -0.201. The van der Waals surface area contributed by atoms with Crippen LogP contribution in [0.4, 0.5) is 11.4 Å². The number of anilines is 2. The smallest absolute Gasteiger partial charge is 0.256 e. The Bertz CT molecular complexity index is 1250. The van der Waals surface area contributed by atoms with Gasteiger partial charge in [0, 0.05) is 63.1 Å². The number of rotatable bonds is 7. The van der Waals surface area contributed by atoms with Crippen molar-refractivity contribution in [3.63, 3.8) is 0 Å². The van der Waals surface area contributed by atoms with E-state index in [2.05, 4.69) is 10.2 Å². The first-order chi connectivity index (χ1) is 17.9. The molecule has 3 aromatic rings.